The fourth-order valence-electron chi connectivity index (χ4n) is 5.08. The highest BCUT2D eigenvalue weighted by Gasteiger charge is 2.42. The van der Waals surface area contributed by atoms with Crippen LogP contribution in [0.1, 0.15) is 95.9 Å². The van der Waals surface area contributed by atoms with Crippen LogP contribution in [0.2, 0.25) is 12.1 Å². The number of unbranched alkanes of at least 4 members (excludes halogenated alkanes) is 1. The molecule has 0 aromatic carbocycles. The van der Waals surface area contributed by atoms with Gasteiger partial charge in [-0.25, -0.2) is 0 Å². The first-order valence-electron chi connectivity index (χ1n) is 11.6. The van der Waals surface area contributed by atoms with Crippen molar-refractivity contribution in [3.8, 4) is 0 Å². The van der Waals surface area contributed by atoms with Crippen LogP contribution in [0.3, 0.4) is 0 Å². The molecule has 0 saturated carbocycles. The molecule has 0 aliphatic rings. The normalized spacial score (nSPS) is 14.5. The zero-order chi connectivity index (χ0) is 24.0. The van der Waals surface area contributed by atoms with Gasteiger partial charge in [0.1, 0.15) is 0 Å². The molecule has 30 heavy (non-hydrogen) atoms. The Morgan fingerprint density at radius 2 is 0.800 bits per heavy atom. The van der Waals surface area contributed by atoms with Crippen LogP contribution >= 0.6 is 0 Å². The third-order valence-corrected chi connectivity index (χ3v) is 8.02. The summed E-state index contributed by atoms with van der Waals surface area (Å²) in [6.07, 6.45) is 2.11. The quantitative estimate of drug-likeness (QED) is 0.349. The molecule has 0 radical (unpaired) electrons. The number of rotatable bonds is 9. The van der Waals surface area contributed by atoms with E-state index in [1.807, 2.05) is 0 Å². The van der Waals surface area contributed by atoms with Crippen molar-refractivity contribution in [1.29, 1.82) is 0 Å². The molecule has 0 aromatic heterocycles. The fraction of sp³-hybridized carbons (Fsp3) is 0.917. The van der Waals surface area contributed by atoms with Crippen LogP contribution in [0, 0.1) is 33.5 Å². The molecule has 0 aromatic rings. The van der Waals surface area contributed by atoms with E-state index in [9.17, 15) is 9.59 Å². The van der Waals surface area contributed by atoms with Gasteiger partial charge in [-0.05, 0) is 33.7 Å². The Kier molecular flexibility index (Phi) is 11.1. The molecule has 0 amide bonds. The summed E-state index contributed by atoms with van der Waals surface area (Å²) in [5.74, 6) is -0.244. The minimum absolute atomic E-state index is 0.0274. The average Bonchev–Trinajstić information content (AvgIpc) is 2.43. The monoisotopic (exact) mass is 458 g/mol. The van der Waals surface area contributed by atoms with Gasteiger partial charge in [0, 0.05) is 0 Å². The molecule has 0 bridgehead atoms. The Labute approximate surface area is 191 Å². The number of hydrogen-bond donors (Lipinski definition) is 0. The van der Waals surface area contributed by atoms with Gasteiger partial charge < -0.3 is 8.85 Å². The molecule has 0 atom stereocenters. The van der Waals surface area contributed by atoms with Gasteiger partial charge in [-0.1, -0.05) is 95.9 Å². The van der Waals surface area contributed by atoms with Crippen molar-refractivity contribution >= 4 is 31.5 Å². The van der Waals surface area contributed by atoms with Crippen molar-refractivity contribution in [3.63, 3.8) is 0 Å². The summed E-state index contributed by atoms with van der Waals surface area (Å²) >= 11 is 0. The Bertz CT molecular complexity index is 468. The Morgan fingerprint density at radius 3 is 1.00 bits per heavy atom. The van der Waals surface area contributed by atoms with Crippen molar-refractivity contribution < 1.29 is 18.4 Å². The van der Waals surface area contributed by atoms with Gasteiger partial charge >= 0.3 is 0 Å². The van der Waals surface area contributed by atoms with Crippen LogP contribution in [-0.2, 0) is 18.4 Å². The van der Waals surface area contributed by atoms with E-state index in [-0.39, 0.29) is 45.4 Å². The molecule has 0 rings (SSSR count). The first-order valence-corrected chi connectivity index (χ1v) is 14.8. The van der Waals surface area contributed by atoms with Gasteiger partial charge in [0.05, 0.1) is 11.8 Å². The lowest BCUT2D eigenvalue weighted by Gasteiger charge is -2.38. The van der Waals surface area contributed by atoms with Gasteiger partial charge in [-0.2, -0.15) is 0 Å². The SMILES string of the molecule is CC(C)(C)C(C(=O)O[SiH2]CCCC[SiH2]OC(=O)C(C(C)(C)C)C(C)(C)C)C(C)(C)C. The van der Waals surface area contributed by atoms with Gasteiger partial charge in [0.15, 0.2) is 0 Å². The summed E-state index contributed by atoms with van der Waals surface area (Å²) in [5.41, 5.74) is -0.400. The largest absolute Gasteiger partial charge is 0.525 e. The molecule has 0 unspecified atom stereocenters. The standard InChI is InChI=1S/C24H50O4Si2/c1-21(2,3)17(22(4,5)6)19(25)27-29-15-13-14-16-30-28-20(26)18(23(7,8)9)24(10,11)12/h17-18H,13-16,29-30H2,1-12H3. The molecule has 178 valence electrons. The van der Waals surface area contributed by atoms with E-state index in [4.69, 9.17) is 8.85 Å². The van der Waals surface area contributed by atoms with Crippen LogP contribution < -0.4 is 0 Å². The van der Waals surface area contributed by atoms with E-state index in [0.29, 0.717) is 0 Å². The van der Waals surface area contributed by atoms with E-state index >= 15 is 0 Å². The van der Waals surface area contributed by atoms with Crippen molar-refractivity contribution in [2.75, 3.05) is 0 Å². The maximum atomic E-state index is 12.6. The fourth-order valence-corrected chi connectivity index (χ4v) is 7.22. The zero-order valence-corrected chi connectivity index (χ0v) is 24.9. The lowest BCUT2D eigenvalue weighted by molar-refractivity contribution is -0.149. The van der Waals surface area contributed by atoms with Crippen LogP contribution in [0.5, 0.6) is 0 Å². The van der Waals surface area contributed by atoms with Gasteiger partial charge in [0.2, 0.25) is 19.5 Å². The third-order valence-electron chi connectivity index (χ3n) is 5.46. The summed E-state index contributed by atoms with van der Waals surface area (Å²) in [4.78, 5) is 25.3. The number of carbonyl (C=O) groups excluding carboxylic acids is 2. The van der Waals surface area contributed by atoms with Crippen LogP contribution in [-0.4, -0.2) is 31.5 Å². The molecule has 0 N–H and O–H groups in total. The first-order chi connectivity index (χ1) is 13.3. The van der Waals surface area contributed by atoms with Gasteiger partial charge in [-0.15, -0.1) is 0 Å². The molecule has 0 spiro atoms. The minimum Gasteiger partial charge on any atom is -0.525 e. The van der Waals surface area contributed by atoms with Gasteiger partial charge in [-0.3, -0.25) is 9.59 Å². The number of carbonyl (C=O) groups is 2. The lowest BCUT2D eigenvalue weighted by atomic mass is 9.67. The predicted octanol–water partition coefficient (Wildman–Crippen LogP) is 5.27. The van der Waals surface area contributed by atoms with Crippen molar-refractivity contribution in [2.45, 2.75) is 108 Å². The molecule has 0 aliphatic carbocycles. The molecule has 0 fully saturated rings. The van der Waals surface area contributed by atoms with E-state index in [1.165, 1.54) is 0 Å². The maximum Gasteiger partial charge on any atom is 0.296 e. The molecular formula is C24H50O4Si2. The second-order valence-corrected chi connectivity index (χ2v) is 15.9. The summed E-state index contributed by atoms with van der Waals surface area (Å²) < 4.78 is 11.5. The predicted molar refractivity (Wildman–Crippen MR) is 133 cm³/mol. The summed E-state index contributed by atoms with van der Waals surface area (Å²) in [6, 6.07) is 2.00. The Morgan fingerprint density at radius 1 is 0.567 bits per heavy atom. The molecule has 0 saturated heterocycles. The Hall–Kier alpha value is -0.626. The highest BCUT2D eigenvalue weighted by atomic mass is 28.2. The molecule has 0 heterocycles. The first kappa shape index (κ1) is 29.4. The maximum absolute atomic E-state index is 12.6. The van der Waals surface area contributed by atoms with Crippen LogP contribution in [0.4, 0.5) is 0 Å². The topological polar surface area (TPSA) is 52.6 Å². The Balaban J connectivity index is 4.25. The summed E-state index contributed by atoms with van der Waals surface area (Å²) in [7, 11) is -1.67. The molecular weight excluding hydrogens is 408 g/mol. The van der Waals surface area contributed by atoms with E-state index < -0.39 is 19.5 Å². The minimum atomic E-state index is -0.837. The highest BCUT2D eigenvalue weighted by Crippen LogP contribution is 2.41. The molecule has 4 nitrogen and oxygen atoms in total. The van der Waals surface area contributed by atoms with Crippen molar-refractivity contribution in [1.82, 2.24) is 0 Å². The zero-order valence-electron chi connectivity index (χ0n) is 22.0. The number of hydrogen-bond acceptors (Lipinski definition) is 4. The van der Waals surface area contributed by atoms with Crippen LogP contribution in [0.25, 0.3) is 0 Å². The van der Waals surface area contributed by atoms with E-state index in [0.717, 1.165) is 24.9 Å². The summed E-state index contributed by atoms with van der Waals surface area (Å²) in [5, 5.41) is 0. The van der Waals surface area contributed by atoms with E-state index in [1.54, 1.807) is 0 Å². The second-order valence-electron chi connectivity index (χ2n) is 13.1. The van der Waals surface area contributed by atoms with Crippen molar-refractivity contribution in [3.05, 3.63) is 0 Å². The lowest BCUT2D eigenvalue weighted by Crippen LogP contribution is -2.40. The second kappa shape index (κ2) is 11.3. The van der Waals surface area contributed by atoms with Crippen LogP contribution in [0.15, 0.2) is 0 Å². The molecule has 6 heteroatoms. The van der Waals surface area contributed by atoms with Gasteiger partial charge in [0.25, 0.3) is 11.9 Å². The van der Waals surface area contributed by atoms with Crippen molar-refractivity contribution in [2.24, 2.45) is 33.5 Å². The smallest absolute Gasteiger partial charge is 0.296 e. The van der Waals surface area contributed by atoms with E-state index in [2.05, 4.69) is 83.1 Å². The molecule has 0 aliphatic heterocycles. The average molecular weight is 459 g/mol. The highest BCUT2D eigenvalue weighted by molar-refractivity contribution is 6.31. The summed E-state index contributed by atoms with van der Waals surface area (Å²) in [6.45, 7) is 25.4. The third kappa shape index (κ3) is 10.6.